The van der Waals surface area contributed by atoms with Crippen LogP contribution in [-0.4, -0.2) is 20.7 Å². The van der Waals surface area contributed by atoms with Crippen LogP contribution in [0.5, 0.6) is 0 Å². The number of carbonyl (C=O) groups is 1. The maximum Gasteiger partial charge on any atom is 0.259 e. The minimum atomic E-state index is -0.308. The van der Waals surface area contributed by atoms with E-state index in [2.05, 4.69) is 15.4 Å². The zero-order valence-electron chi connectivity index (χ0n) is 16.2. The maximum absolute atomic E-state index is 14.1. The van der Waals surface area contributed by atoms with E-state index in [0.717, 1.165) is 11.3 Å². The highest BCUT2D eigenvalue weighted by Crippen LogP contribution is 2.34. The van der Waals surface area contributed by atoms with Gasteiger partial charge in [-0.1, -0.05) is 30.3 Å². The van der Waals surface area contributed by atoms with Crippen molar-refractivity contribution in [3.8, 4) is 21.8 Å². The van der Waals surface area contributed by atoms with Gasteiger partial charge in [0.05, 0.1) is 22.6 Å². The van der Waals surface area contributed by atoms with E-state index in [-0.39, 0.29) is 11.7 Å². The van der Waals surface area contributed by atoms with E-state index in [1.165, 1.54) is 17.4 Å². The van der Waals surface area contributed by atoms with Crippen LogP contribution in [0.2, 0.25) is 0 Å². The van der Waals surface area contributed by atoms with Crippen molar-refractivity contribution in [2.24, 2.45) is 7.05 Å². The van der Waals surface area contributed by atoms with Gasteiger partial charge in [0.25, 0.3) is 5.91 Å². The quantitative estimate of drug-likeness (QED) is 0.506. The third-order valence-corrected chi connectivity index (χ3v) is 5.67. The largest absolute Gasteiger partial charge is 0.321 e. The van der Waals surface area contributed by atoms with Crippen molar-refractivity contribution in [1.29, 1.82) is 0 Å². The number of amides is 1. The summed E-state index contributed by atoms with van der Waals surface area (Å²) in [6.07, 6.45) is 0. The summed E-state index contributed by atoms with van der Waals surface area (Å²) in [6, 6.07) is 14.0. The first-order valence-electron chi connectivity index (χ1n) is 9.07. The first kappa shape index (κ1) is 19.0. The summed E-state index contributed by atoms with van der Waals surface area (Å²) in [5, 5.41) is 9.75. The molecule has 0 fully saturated rings. The van der Waals surface area contributed by atoms with Crippen LogP contribution in [0.4, 0.5) is 10.1 Å². The number of anilines is 1. The Morgan fingerprint density at radius 2 is 1.76 bits per heavy atom. The van der Waals surface area contributed by atoms with Crippen LogP contribution in [0.1, 0.15) is 21.7 Å². The van der Waals surface area contributed by atoms with Crippen LogP contribution >= 0.6 is 11.3 Å². The number of hydrogen-bond donors (Lipinski definition) is 1. The topological polar surface area (TPSA) is 59.8 Å². The number of nitrogens with one attached hydrogen (secondary N) is 1. The second kappa shape index (κ2) is 7.60. The second-order valence-electron chi connectivity index (χ2n) is 6.69. The molecule has 4 aromatic rings. The molecule has 0 saturated carbocycles. The number of thiazole rings is 1. The van der Waals surface area contributed by atoms with Crippen molar-refractivity contribution < 1.29 is 9.18 Å². The Balaban J connectivity index is 1.68. The van der Waals surface area contributed by atoms with E-state index < -0.39 is 0 Å². The Bertz CT molecular complexity index is 1210. The minimum Gasteiger partial charge on any atom is -0.321 e. The molecule has 0 radical (unpaired) electrons. The van der Waals surface area contributed by atoms with Crippen LogP contribution < -0.4 is 5.32 Å². The SMILES string of the molecule is Cc1nn(C)c(C)c1C(=O)Nc1ccccc1-c1csc(-c2ccccc2F)n1. The predicted octanol–water partition coefficient (Wildman–Crippen LogP) is 5.22. The van der Waals surface area contributed by atoms with Crippen LogP contribution in [0, 0.1) is 19.7 Å². The molecule has 2 aromatic carbocycles. The van der Waals surface area contributed by atoms with Crippen LogP contribution in [0.15, 0.2) is 53.9 Å². The molecule has 0 aliphatic rings. The highest BCUT2D eigenvalue weighted by atomic mass is 32.1. The molecule has 146 valence electrons. The van der Waals surface area contributed by atoms with Crippen molar-refractivity contribution in [3.05, 3.63) is 76.7 Å². The molecule has 0 bridgehead atoms. The maximum atomic E-state index is 14.1. The van der Waals surface area contributed by atoms with Gasteiger partial charge in [0.15, 0.2) is 0 Å². The molecule has 0 aliphatic heterocycles. The average Bonchev–Trinajstić information content (AvgIpc) is 3.27. The number of benzene rings is 2. The van der Waals surface area contributed by atoms with Gasteiger partial charge in [-0.3, -0.25) is 9.48 Å². The van der Waals surface area contributed by atoms with Crippen molar-refractivity contribution >= 4 is 22.9 Å². The third kappa shape index (κ3) is 3.56. The summed E-state index contributed by atoms with van der Waals surface area (Å²) in [4.78, 5) is 17.5. The Hall–Kier alpha value is -3.32. The third-order valence-electron chi connectivity index (χ3n) is 4.80. The van der Waals surface area contributed by atoms with Gasteiger partial charge in [0.2, 0.25) is 0 Å². The Labute approximate surface area is 171 Å². The summed E-state index contributed by atoms with van der Waals surface area (Å²) >= 11 is 1.37. The zero-order valence-corrected chi connectivity index (χ0v) is 17.0. The number of rotatable bonds is 4. The molecule has 0 unspecified atom stereocenters. The normalized spacial score (nSPS) is 10.9. The molecule has 2 heterocycles. The number of nitrogens with zero attached hydrogens (tertiary/aromatic N) is 3. The van der Waals surface area contributed by atoms with Crippen LogP contribution in [0.3, 0.4) is 0 Å². The fourth-order valence-corrected chi connectivity index (χ4v) is 4.10. The number of carbonyl (C=O) groups excluding carboxylic acids is 1. The predicted molar refractivity (Wildman–Crippen MR) is 114 cm³/mol. The number of para-hydroxylation sites is 1. The molecule has 0 spiro atoms. The lowest BCUT2D eigenvalue weighted by atomic mass is 10.1. The second-order valence-corrected chi connectivity index (χ2v) is 7.54. The van der Waals surface area contributed by atoms with E-state index in [9.17, 15) is 9.18 Å². The van der Waals surface area contributed by atoms with Gasteiger partial charge >= 0.3 is 0 Å². The van der Waals surface area contributed by atoms with E-state index in [1.54, 1.807) is 22.9 Å². The van der Waals surface area contributed by atoms with Crippen LogP contribution in [0.25, 0.3) is 21.8 Å². The Morgan fingerprint density at radius 3 is 2.45 bits per heavy atom. The Morgan fingerprint density at radius 1 is 1.07 bits per heavy atom. The lowest BCUT2D eigenvalue weighted by Gasteiger charge is -2.10. The molecule has 0 saturated heterocycles. The molecule has 0 aliphatic carbocycles. The highest BCUT2D eigenvalue weighted by Gasteiger charge is 2.19. The molecule has 29 heavy (non-hydrogen) atoms. The lowest BCUT2D eigenvalue weighted by Crippen LogP contribution is -2.14. The van der Waals surface area contributed by atoms with Gasteiger partial charge in [-0.25, -0.2) is 9.37 Å². The van der Waals surface area contributed by atoms with E-state index in [1.807, 2.05) is 50.5 Å². The fourth-order valence-electron chi connectivity index (χ4n) is 3.26. The lowest BCUT2D eigenvalue weighted by molar-refractivity contribution is 0.102. The number of aromatic nitrogens is 3. The number of hydrogen-bond acceptors (Lipinski definition) is 4. The average molecular weight is 406 g/mol. The van der Waals surface area contributed by atoms with Crippen molar-refractivity contribution in [3.63, 3.8) is 0 Å². The van der Waals surface area contributed by atoms with Crippen molar-refractivity contribution in [2.45, 2.75) is 13.8 Å². The molecular weight excluding hydrogens is 387 g/mol. The molecule has 1 N–H and O–H groups in total. The number of halogens is 1. The minimum absolute atomic E-state index is 0.217. The first-order chi connectivity index (χ1) is 14.0. The zero-order chi connectivity index (χ0) is 20.5. The molecular formula is C22H19FN4OS. The summed E-state index contributed by atoms with van der Waals surface area (Å²) in [5.41, 5.74) is 4.61. The molecule has 1 amide bonds. The van der Waals surface area contributed by atoms with Gasteiger partial charge in [0, 0.05) is 29.2 Å². The van der Waals surface area contributed by atoms with Crippen molar-refractivity contribution in [2.75, 3.05) is 5.32 Å². The summed E-state index contributed by atoms with van der Waals surface area (Å²) in [5.74, 6) is -0.525. The standard InChI is InChI=1S/C22H19FN4OS/c1-13-20(14(2)27(3)26-13)21(28)24-18-11-7-5-9-16(18)19-12-29-22(25-19)15-8-4-6-10-17(15)23/h4-12H,1-3H3,(H,24,28). The van der Waals surface area contributed by atoms with Gasteiger partial charge < -0.3 is 5.32 Å². The van der Waals surface area contributed by atoms with Gasteiger partial charge in [-0.2, -0.15) is 5.10 Å². The fraction of sp³-hybridized carbons (Fsp3) is 0.136. The molecule has 0 atom stereocenters. The smallest absolute Gasteiger partial charge is 0.259 e. The first-order valence-corrected chi connectivity index (χ1v) is 9.95. The van der Waals surface area contributed by atoms with Crippen LogP contribution in [-0.2, 0) is 7.05 Å². The summed E-state index contributed by atoms with van der Waals surface area (Å²) in [6.45, 7) is 3.68. The van der Waals surface area contributed by atoms with Gasteiger partial charge in [-0.15, -0.1) is 11.3 Å². The highest BCUT2D eigenvalue weighted by molar-refractivity contribution is 7.13. The molecule has 7 heteroatoms. The van der Waals surface area contributed by atoms with E-state index >= 15 is 0 Å². The van der Waals surface area contributed by atoms with Gasteiger partial charge in [-0.05, 0) is 32.0 Å². The molecule has 5 nitrogen and oxygen atoms in total. The number of aryl methyl sites for hydroxylation is 2. The van der Waals surface area contributed by atoms with Gasteiger partial charge in [0.1, 0.15) is 10.8 Å². The summed E-state index contributed by atoms with van der Waals surface area (Å²) in [7, 11) is 1.81. The monoisotopic (exact) mass is 406 g/mol. The Kier molecular flexibility index (Phi) is 4.98. The molecule has 2 aromatic heterocycles. The summed E-state index contributed by atoms with van der Waals surface area (Å²) < 4.78 is 15.8. The molecule has 4 rings (SSSR count). The van der Waals surface area contributed by atoms with E-state index in [0.29, 0.717) is 33.2 Å². The van der Waals surface area contributed by atoms with E-state index in [4.69, 9.17) is 0 Å². The van der Waals surface area contributed by atoms with Crippen molar-refractivity contribution in [1.82, 2.24) is 14.8 Å².